The van der Waals surface area contributed by atoms with E-state index in [-0.39, 0.29) is 17.7 Å². The van der Waals surface area contributed by atoms with Gasteiger partial charge in [-0.15, -0.1) is 0 Å². The molecule has 2 heterocycles. The molecule has 2 unspecified atom stereocenters. The molecule has 1 saturated heterocycles. The second-order valence-electron chi connectivity index (χ2n) is 10.7. The van der Waals surface area contributed by atoms with Crippen molar-refractivity contribution >= 4 is 29.1 Å². The summed E-state index contributed by atoms with van der Waals surface area (Å²) in [6.07, 6.45) is 4.21. The molecule has 2 aliphatic heterocycles. The zero-order chi connectivity index (χ0) is 25.6. The third-order valence-electron chi connectivity index (χ3n) is 8.50. The maximum absolute atomic E-state index is 13.9. The van der Waals surface area contributed by atoms with Crippen LogP contribution >= 0.6 is 11.6 Å². The highest BCUT2D eigenvalue weighted by Gasteiger charge is 2.67. The molecule has 1 N–H and O–H groups in total. The highest BCUT2D eigenvalue weighted by Crippen LogP contribution is 2.66. The molecule has 3 aromatic rings. The topological polar surface area (TPSA) is 52.7 Å². The first-order chi connectivity index (χ1) is 18.0. The Hall–Kier alpha value is -3.15. The predicted octanol–water partition coefficient (Wildman–Crippen LogP) is 5.53. The van der Waals surface area contributed by atoms with Gasteiger partial charge >= 0.3 is 0 Å². The van der Waals surface area contributed by atoms with E-state index in [9.17, 15) is 9.59 Å². The zero-order valence-electron chi connectivity index (χ0n) is 21.1. The molecule has 3 atom stereocenters. The summed E-state index contributed by atoms with van der Waals surface area (Å²) in [5.41, 5.74) is 4.30. The number of amides is 2. The van der Waals surface area contributed by atoms with Crippen molar-refractivity contribution in [3.05, 3.63) is 100 Å². The summed E-state index contributed by atoms with van der Waals surface area (Å²) in [6, 6.07) is 24.2. The third kappa shape index (κ3) is 4.34. The summed E-state index contributed by atoms with van der Waals surface area (Å²) in [6.45, 7) is 2.25. The number of nitrogens with one attached hydrogen (secondary N) is 1. The standard InChI is InChI=1S/C31H32ClN3O2/c1-34-17-5-8-25(34)15-16-33-29(36)23-7-4-6-21(18-23)20-35-28-10-3-2-9-26(28)31(30(35)37)19-27(31)22-11-13-24(32)14-12-22/h2-4,6-7,9-14,18,25,27H,5,8,15-17,19-20H2,1H3,(H,33,36)/t25?,27?,31-/m1/s1. The second kappa shape index (κ2) is 9.62. The lowest BCUT2D eigenvalue weighted by atomic mass is 9.92. The molecule has 6 heteroatoms. The quantitative estimate of drug-likeness (QED) is 0.452. The number of halogens is 1. The fraction of sp³-hybridized carbons (Fsp3) is 0.355. The largest absolute Gasteiger partial charge is 0.352 e. The average Bonchev–Trinajstić information content (AvgIpc) is 3.47. The van der Waals surface area contributed by atoms with Gasteiger partial charge in [0.2, 0.25) is 5.91 Å². The Morgan fingerprint density at radius 3 is 2.68 bits per heavy atom. The van der Waals surface area contributed by atoms with Crippen LogP contribution < -0.4 is 10.2 Å². The number of hydrogen-bond acceptors (Lipinski definition) is 3. The van der Waals surface area contributed by atoms with Crippen LogP contribution in [0.1, 0.15) is 58.6 Å². The molecule has 3 aromatic carbocycles. The van der Waals surface area contributed by atoms with Crippen LogP contribution in [0.4, 0.5) is 5.69 Å². The lowest BCUT2D eigenvalue weighted by molar-refractivity contribution is -0.120. The minimum Gasteiger partial charge on any atom is -0.352 e. The molecule has 2 fully saturated rings. The Bertz CT molecular complexity index is 1340. The van der Waals surface area contributed by atoms with Crippen molar-refractivity contribution < 1.29 is 9.59 Å². The Morgan fingerprint density at radius 2 is 1.89 bits per heavy atom. The number of carbonyl (C=O) groups excluding carboxylic acids is 2. The Labute approximate surface area is 223 Å². The molecule has 37 heavy (non-hydrogen) atoms. The lowest BCUT2D eigenvalue weighted by Crippen LogP contribution is -2.33. The molecule has 0 bridgehead atoms. The summed E-state index contributed by atoms with van der Waals surface area (Å²) in [7, 11) is 2.16. The molecule has 6 rings (SSSR count). The number of likely N-dealkylation sites (tertiary alicyclic amines) is 1. The van der Waals surface area contributed by atoms with Crippen LogP contribution in [0.3, 0.4) is 0 Å². The summed E-state index contributed by atoms with van der Waals surface area (Å²) in [4.78, 5) is 31.1. The normalized spacial score (nSPS) is 24.5. The molecule has 5 nitrogen and oxygen atoms in total. The fourth-order valence-electron chi connectivity index (χ4n) is 6.40. The van der Waals surface area contributed by atoms with Gasteiger partial charge in [0.05, 0.1) is 12.0 Å². The number of fused-ring (bicyclic) bond motifs is 2. The molecular formula is C31H32ClN3O2. The van der Waals surface area contributed by atoms with Gasteiger partial charge in [0.25, 0.3) is 5.91 Å². The first kappa shape index (κ1) is 24.2. The van der Waals surface area contributed by atoms with Gasteiger partial charge in [-0.05, 0) is 86.3 Å². The van der Waals surface area contributed by atoms with Crippen LogP contribution in [-0.4, -0.2) is 42.9 Å². The van der Waals surface area contributed by atoms with E-state index in [1.807, 2.05) is 71.6 Å². The van der Waals surface area contributed by atoms with E-state index in [1.165, 1.54) is 12.8 Å². The van der Waals surface area contributed by atoms with Crippen LogP contribution in [-0.2, 0) is 16.8 Å². The van der Waals surface area contributed by atoms with Gasteiger partial charge in [0.1, 0.15) is 0 Å². The molecule has 2 amide bonds. The van der Waals surface area contributed by atoms with Crippen LogP contribution in [0.15, 0.2) is 72.8 Å². The Kier molecular flexibility index (Phi) is 6.29. The maximum atomic E-state index is 13.9. The minimum atomic E-state index is -0.507. The van der Waals surface area contributed by atoms with E-state index in [1.54, 1.807) is 0 Å². The van der Waals surface area contributed by atoms with E-state index >= 15 is 0 Å². The second-order valence-corrected chi connectivity index (χ2v) is 11.1. The highest BCUT2D eigenvalue weighted by atomic mass is 35.5. The smallest absolute Gasteiger partial charge is 0.251 e. The van der Waals surface area contributed by atoms with Gasteiger partial charge in [-0.1, -0.05) is 54.1 Å². The van der Waals surface area contributed by atoms with Crippen LogP contribution in [0.2, 0.25) is 5.02 Å². The van der Waals surface area contributed by atoms with Crippen molar-refractivity contribution in [2.24, 2.45) is 0 Å². The van der Waals surface area contributed by atoms with Gasteiger partial charge in [-0.3, -0.25) is 9.59 Å². The van der Waals surface area contributed by atoms with Gasteiger partial charge in [0.15, 0.2) is 0 Å². The first-order valence-corrected chi connectivity index (χ1v) is 13.6. The molecule has 1 saturated carbocycles. The molecule has 1 spiro atoms. The number of para-hydroxylation sites is 1. The molecule has 0 aromatic heterocycles. The average molecular weight is 514 g/mol. The van der Waals surface area contributed by atoms with E-state index in [4.69, 9.17) is 11.6 Å². The van der Waals surface area contributed by atoms with Crippen LogP contribution in [0.5, 0.6) is 0 Å². The predicted molar refractivity (Wildman–Crippen MR) is 147 cm³/mol. The summed E-state index contributed by atoms with van der Waals surface area (Å²) >= 11 is 6.10. The van der Waals surface area contributed by atoms with Gasteiger partial charge < -0.3 is 15.1 Å². The molecule has 0 radical (unpaired) electrons. The SMILES string of the molecule is CN1CCCC1CCNC(=O)c1cccc(CN2C(=O)[C@]3(CC3c3ccc(Cl)cc3)c3ccccc32)c1. The van der Waals surface area contributed by atoms with Crippen molar-refractivity contribution in [3.63, 3.8) is 0 Å². The number of rotatable bonds is 7. The maximum Gasteiger partial charge on any atom is 0.251 e. The number of benzene rings is 3. The first-order valence-electron chi connectivity index (χ1n) is 13.2. The number of nitrogens with zero attached hydrogens (tertiary/aromatic N) is 2. The zero-order valence-corrected chi connectivity index (χ0v) is 21.9. The number of carbonyl (C=O) groups is 2. The highest BCUT2D eigenvalue weighted by molar-refractivity contribution is 6.30. The molecular weight excluding hydrogens is 482 g/mol. The van der Waals surface area contributed by atoms with Crippen LogP contribution in [0, 0.1) is 0 Å². The summed E-state index contributed by atoms with van der Waals surface area (Å²) < 4.78 is 0. The van der Waals surface area contributed by atoms with Gasteiger partial charge in [-0.2, -0.15) is 0 Å². The Balaban J connectivity index is 1.17. The molecule has 3 aliphatic rings. The van der Waals surface area contributed by atoms with E-state index < -0.39 is 5.41 Å². The van der Waals surface area contributed by atoms with Crippen molar-refractivity contribution in [2.75, 3.05) is 25.0 Å². The van der Waals surface area contributed by atoms with Gasteiger partial charge in [-0.25, -0.2) is 0 Å². The van der Waals surface area contributed by atoms with Crippen molar-refractivity contribution in [1.29, 1.82) is 0 Å². The van der Waals surface area contributed by atoms with E-state index in [0.717, 1.165) is 41.8 Å². The van der Waals surface area contributed by atoms with Gasteiger partial charge in [0, 0.05) is 34.8 Å². The van der Waals surface area contributed by atoms with Crippen molar-refractivity contribution in [3.8, 4) is 0 Å². The number of hydrogen-bond donors (Lipinski definition) is 1. The lowest BCUT2D eigenvalue weighted by Gasteiger charge is -2.20. The Morgan fingerprint density at radius 1 is 1.08 bits per heavy atom. The van der Waals surface area contributed by atoms with Crippen molar-refractivity contribution in [1.82, 2.24) is 10.2 Å². The summed E-state index contributed by atoms with van der Waals surface area (Å²) in [5.74, 6) is 0.237. The fourth-order valence-corrected chi connectivity index (χ4v) is 6.52. The molecule has 190 valence electrons. The molecule has 1 aliphatic carbocycles. The minimum absolute atomic E-state index is 0.0582. The third-order valence-corrected chi connectivity index (χ3v) is 8.75. The van der Waals surface area contributed by atoms with Crippen LogP contribution in [0.25, 0.3) is 0 Å². The van der Waals surface area contributed by atoms with E-state index in [0.29, 0.717) is 29.7 Å². The van der Waals surface area contributed by atoms with E-state index in [2.05, 4.69) is 23.3 Å². The monoisotopic (exact) mass is 513 g/mol. The van der Waals surface area contributed by atoms with Crippen molar-refractivity contribution in [2.45, 2.75) is 49.6 Å². The number of anilines is 1. The summed E-state index contributed by atoms with van der Waals surface area (Å²) in [5, 5.41) is 3.79.